The van der Waals surface area contributed by atoms with E-state index in [2.05, 4.69) is 48.5 Å². The highest BCUT2D eigenvalue weighted by molar-refractivity contribution is 8.00. The van der Waals surface area contributed by atoms with Crippen LogP contribution in [-0.2, 0) is 11.2 Å². The number of aliphatic hydroxyl groups excluding tert-OH is 2. The third-order valence-corrected chi connectivity index (χ3v) is 7.23. The molecule has 0 bridgehead atoms. The van der Waals surface area contributed by atoms with Gasteiger partial charge in [-0.1, -0.05) is 36.4 Å². The summed E-state index contributed by atoms with van der Waals surface area (Å²) >= 11 is 1.79. The average molecular weight is 415 g/mol. The van der Waals surface area contributed by atoms with Crippen molar-refractivity contribution < 1.29 is 19.7 Å². The fourth-order valence-corrected chi connectivity index (χ4v) is 5.65. The van der Waals surface area contributed by atoms with Crippen LogP contribution in [0.15, 0.2) is 48.5 Å². The second-order valence-electron chi connectivity index (χ2n) is 8.05. The molecule has 2 aromatic carbocycles. The molecule has 4 rings (SSSR count). The van der Waals surface area contributed by atoms with Gasteiger partial charge in [-0.3, -0.25) is 0 Å². The Hall–Kier alpha value is -1.53. The van der Waals surface area contributed by atoms with Gasteiger partial charge in [-0.15, -0.1) is 11.8 Å². The molecule has 4 nitrogen and oxygen atoms in total. The van der Waals surface area contributed by atoms with E-state index in [1.165, 1.54) is 16.7 Å². The van der Waals surface area contributed by atoms with Gasteiger partial charge in [0.25, 0.3) is 0 Å². The second-order valence-corrected chi connectivity index (χ2v) is 9.56. The number of aliphatic hydroxyl groups is 2. The molecule has 2 aliphatic heterocycles. The van der Waals surface area contributed by atoms with Crippen LogP contribution < -0.4 is 4.74 Å². The summed E-state index contributed by atoms with van der Waals surface area (Å²) in [6.45, 7) is 1.70. The lowest BCUT2D eigenvalue weighted by Gasteiger charge is -2.31. The zero-order valence-electron chi connectivity index (χ0n) is 16.7. The van der Waals surface area contributed by atoms with E-state index in [1.54, 1.807) is 11.8 Å². The lowest BCUT2D eigenvalue weighted by Crippen LogP contribution is -2.26. The molecule has 5 heteroatoms. The Morgan fingerprint density at radius 2 is 1.79 bits per heavy atom. The molecule has 0 aliphatic carbocycles. The van der Waals surface area contributed by atoms with Crippen LogP contribution in [0.4, 0.5) is 0 Å². The van der Waals surface area contributed by atoms with Crippen molar-refractivity contribution in [3.63, 3.8) is 0 Å². The number of hydrogen-bond donors (Lipinski definition) is 2. The molecule has 156 valence electrons. The summed E-state index contributed by atoms with van der Waals surface area (Å²) < 4.78 is 11.4. The van der Waals surface area contributed by atoms with Crippen LogP contribution in [0, 0.1) is 0 Å². The highest BCUT2D eigenvalue weighted by atomic mass is 32.2. The molecule has 0 spiro atoms. The normalized spacial score (nSPS) is 25.7. The van der Waals surface area contributed by atoms with E-state index in [1.807, 2.05) is 0 Å². The molecule has 0 radical (unpaired) electrons. The Labute approximate surface area is 177 Å². The summed E-state index contributed by atoms with van der Waals surface area (Å²) in [5.74, 6) is 0.928. The lowest BCUT2D eigenvalue weighted by atomic mass is 9.98. The Morgan fingerprint density at radius 1 is 1.00 bits per heavy atom. The fourth-order valence-electron chi connectivity index (χ4n) is 4.13. The molecule has 0 aromatic heterocycles. The summed E-state index contributed by atoms with van der Waals surface area (Å²) in [5, 5.41) is 20.0. The lowest BCUT2D eigenvalue weighted by molar-refractivity contribution is 0.0255. The van der Waals surface area contributed by atoms with Crippen LogP contribution in [0.2, 0.25) is 0 Å². The molecule has 3 atom stereocenters. The van der Waals surface area contributed by atoms with Gasteiger partial charge < -0.3 is 19.7 Å². The zero-order valence-corrected chi connectivity index (χ0v) is 17.5. The van der Waals surface area contributed by atoms with Gasteiger partial charge in [0.2, 0.25) is 0 Å². The molecule has 2 N–H and O–H groups in total. The number of rotatable bonds is 6. The maximum Gasteiger partial charge on any atom is 0.119 e. The number of thioether (sulfide) groups is 1. The van der Waals surface area contributed by atoms with E-state index in [-0.39, 0.29) is 29.3 Å². The predicted molar refractivity (Wildman–Crippen MR) is 117 cm³/mol. The topological polar surface area (TPSA) is 58.9 Å². The minimum Gasteiger partial charge on any atom is -0.490 e. The van der Waals surface area contributed by atoms with E-state index < -0.39 is 0 Å². The first-order chi connectivity index (χ1) is 14.2. The van der Waals surface area contributed by atoms with Crippen LogP contribution in [0.3, 0.4) is 0 Å². The standard InChI is InChI=1S/C24H30O4S/c25-16-23-14-20(26)15-24(29-23)19-3-1-2-18(13-19)12-17-4-6-21(7-5-17)28-22-8-10-27-11-9-22/h1-7,13,20,22-26H,8-12,14-16H2/t20-,23-,24+/m0/s1. The van der Waals surface area contributed by atoms with Crippen LogP contribution in [0.1, 0.15) is 47.6 Å². The van der Waals surface area contributed by atoms with Crippen LogP contribution in [-0.4, -0.2) is 47.5 Å². The van der Waals surface area contributed by atoms with Crippen molar-refractivity contribution >= 4 is 11.8 Å². The first-order valence-electron chi connectivity index (χ1n) is 10.6. The highest BCUT2D eigenvalue weighted by Crippen LogP contribution is 2.42. The van der Waals surface area contributed by atoms with Gasteiger partial charge in [0.1, 0.15) is 11.9 Å². The molecule has 2 heterocycles. The van der Waals surface area contributed by atoms with Gasteiger partial charge in [0, 0.05) is 23.3 Å². The summed E-state index contributed by atoms with van der Waals surface area (Å²) in [4.78, 5) is 0. The van der Waals surface area contributed by atoms with Crippen molar-refractivity contribution in [2.45, 2.75) is 54.8 Å². The molecule has 0 amide bonds. The van der Waals surface area contributed by atoms with E-state index in [0.717, 1.165) is 44.6 Å². The summed E-state index contributed by atoms with van der Waals surface area (Å²) in [6, 6.07) is 17.0. The summed E-state index contributed by atoms with van der Waals surface area (Å²) in [6.07, 6.45) is 4.15. The van der Waals surface area contributed by atoms with Gasteiger partial charge in [0.15, 0.2) is 0 Å². The Morgan fingerprint density at radius 3 is 2.55 bits per heavy atom. The van der Waals surface area contributed by atoms with Crippen molar-refractivity contribution in [2.75, 3.05) is 19.8 Å². The minimum absolute atomic E-state index is 0.121. The van der Waals surface area contributed by atoms with Crippen LogP contribution in [0.5, 0.6) is 5.75 Å². The van der Waals surface area contributed by atoms with Crippen LogP contribution in [0.25, 0.3) is 0 Å². The van der Waals surface area contributed by atoms with Gasteiger partial charge in [-0.05, 0) is 48.1 Å². The quantitative estimate of drug-likeness (QED) is 0.744. The number of ether oxygens (including phenoxy) is 2. The second kappa shape index (κ2) is 9.98. The maximum atomic E-state index is 10.1. The summed E-state index contributed by atoms with van der Waals surface area (Å²) in [5.41, 5.74) is 3.76. The molecule has 2 aliphatic rings. The summed E-state index contributed by atoms with van der Waals surface area (Å²) in [7, 11) is 0. The van der Waals surface area contributed by atoms with E-state index >= 15 is 0 Å². The van der Waals surface area contributed by atoms with Gasteiger partial charge in [-0.25, -0.2) is 0 Å². The number of benzene rings is 2. The van der Waals surface area contributed by atoms with Gasteiger partial charge in [0.05, 0.1) is 25.9 Å². The largest absolute Gasteiger partial charge is 0.490 e. The molecule has 2 saturated heterocycles. The minimum atomic E-state index is -0.328. The smallest absolute Gasteiger partial charge is 0.119 e. The van der Waals surface area contributed by atoms with Gasteiger partial charge >= 0.3 is 0 Å². The van der Waals surface area contributed by atoms with E-state index in [4.69, 9.17) is 9.47 Å². The molecule has 0 saturated carbocycles. The maximum absolute atomic E-state index is 10.1. The molecule has 2 aromatic rings. The van der Waals surface area contributed by atoms with Gasteiger partial charge in [-0.2, -0.15) is 0 Å². The predicted octanol–water partition coefficient (Wildman–Crippen LogP) is 4.13. The van der Waals surface area contributed by atoms with Crippen molar-refractivity contribution in [3.8, 4) is 5.75 Å². The van der Waals surface area contributed by atoms with E-state index in [9.17, 15) is 10.2 Å². The molecule has 0 unspecified atom stereocenters. The Balaban J connectivity index is 1.38. The highest BCUT2D eigenvalue weighted by Gasteiger charge is 2.29. The third kappa shape index (κ3) is 5.76. The fraction of sp³-hybridized carbons (Fsp3) is 0.500. The third-order valence-electron chi connectivity index (χ3n) is 5.71. The SMILES string of the molecule is OC[C@@H]1C[C@H](O)C[C@H](c2cccc(Cc3ccc(OC4CCOCC4)cc3)c2)S1. The van der Waals surface area contributed by atoms with Crippen molar-refractivity contribution in [1.29, 1.82) is 0 Å². The monoisotopic (exact) mass is 414 g/mol. The Kier molecular flexibility index (Phi) is 7.14. The van der Waals surface area contributed by atoms with Crippen molar-refractivity contribution in [3.05, 3.63) is 65.2 Å². The zero-order chi connectivity index (χ0) is 20.1. The molecule has 29 heavy (non-hydrogen) atoms. The first kappa shape index (κ1) is 20.7. The molecular weight excluding hydrogens is 384 g/mol. The average Bonchev–Trinajstić information content (AvgIpc) is 2.75. The molecular formula is C24H30O4S. The van der Waals surface area contributed by atoms with Crippen molar-refractivity contribution in [2.24, 2.45) is 0 Å². The van der Waals surface area contributed by atoms with Crippen LogP contribution >= 0.6 is 11.8 Å². The molecule has 2 fully saturated rings. The Bertz CT molecular complexity index is 773. The van der Waals surface area contributed by atoms with E-state index in [0.29, 0.717) is 6.42 Å². The first-order valence-corrected chi connectivity index (χ1v) is 11.5. The van der Waals surface area contributed by atoms with Crippen molar-refractivity contribution in [1.82, 2.24) is 0 Å². The number of hydrogen-bond acceptors (Lipinski definition) is 5.